The molecule has 0 unspecified atom stereocenters. The fourth-order valence-corrected chi connectivity index (χ4v) is 3.63. The number of hydrogen-bond acceptors (Lipinski definition) is 3. The summed E-state index contributed by atoms with van der Waals surface area (Å²) in [6.07, 6.45) is 0. The zero-order chi connectivity index (χ0) is 24.9. The molecule has 0 aliphatic heterocycles. The maximum absolute atomic E-state index is 14.9. The summed E-state index contributed by atoms with van der Waals surface area (Å²) in [5, 5.41) is 0. The van der Waals surface area contributed by atoms with E-state index in [-0.39, 0.29) is 29.0 Å². The molecule has 0 spiro atoms. The largest absolute Gasteiger partial charge is 0.423 e. The second-order valence-electron chi connectivity index (χ2n) is 8.02. The summed E-state index contributed by atoms with van der Waals surface area (Å²) in [5.41, 5.74) is 2.65. The van der Waals surface area contributed by atoms with Crippen molar-refractivity contribution in [3.05, 3.63) is 113 Å². The van der Waals surface area contributed by atoms with Gasteiger partial charge >= 0.3 is 5.97 Å². The van der Waals surface area contributed by atoms with Crippen LogP contribution in [0.2, 0.25) is 0 Å². The summed E-state index contributed by atoms with van der Waals surface area (Å²) >= 11 is 0. The SMILES string of the molecule is CCOCc1ccc(C(=O)Oc2ccc(-c3ccc(-c4ccc(C)cc4)c(F)c3F)cc2)c(F)c1. The van der Waals surface area contributed by atoms with E-state index in [1.807, 2.05) is 26.0 Å². The number of aryl methyl sites for hydroxylation is 1. The molecule has 0 aliphatic rings. The Balaban J connectivity index is 1.51. The zero-order valence-corrected chi connectivity index (χ0v) is 19.3. The second kappa shape index (κ2) is 10.6. The van der Waals surface area contributed by atoms with Gasteiger partial charge in [0.2, 0.25) is 0 Å². The van der Waals surface area contributed by atoms with Gasteiger partial charge in [-0.25, -0.2) is 18.0 Å². The number of rotatable bonds is 7. The molecule has 0 aromatic heterocycles. The number of carbonyl (C=O) groups excluding carboxylic acids is 1. The molecular formula is C29H23F3O3. The van der Waals surface area contributed by atoms with Gasteiger partial charge in [0.15, 0.2) is 11.6 Å². The smallest absolute Gasteiger partial charge is 0.346 e. The van der Waals surface area contributed by atoms with E-state index in [0.717, 1.165) is 5.56 Å². The molecule has 0 fully saturated rings. The van der Waals surface area contributed by atoms with Crippen molar-refractivity contribution in [1.29, 1.82) is 0 Å². The van der Waals surface area contributed by atoms with Crippen LogP contribution in [0.1, 0.15) is 28.4 Å². The van der Waals surface area contributed by atoms with E-state index >= 15 is 0 Å². The van der Waals surface area contributed by atoms with Gasteiger partial charge in [-0.2, -0.15) is 0 Å². The predicted molar refractivity (Wildman–Crippen MR) is 129 cm³/mol. The standard InChI is InChI=1S/C29H23F3O3/c1-3-34-17-19-6-13-25(26(30)16-19)29(33)35-22-11-9-21(10-12-22)24-15-14-23(27(31)28(24)32)20-7-4-18(2)5-8-20/h4-16H,3,17H2,1-2H3. The van der Waals surface area contributed by atoms with E-state index < -0.39 is 23.4 Å². The van der Waals surface area contributed by atoms with Gasteiger partial charge in [-0.3, -0.25) is 0 Å². The van der Waals surface area contributed by atoms with Crippen LogP contribution in [0.5, 0.6) is 5.75 Å². The Morgan fingerprint density at radius 3 is 1.89 bits per heavy atom. The van der Waals surface area contributed by atoms with Gasteiger partial charge < -0.3 is 9.47 Å². The lowest BCUT2D eigenvalue weighted by atomic mass is 9.98. The molecule has 4 aromatic rings. The van der Waals surface area contributed by atoms with Crippen LogP contribution in [0.15, 0.2) is 78.9 Å². The molecule has 0 saturated carbocycles. The molecule has 6 heteroatoms. The van der Waals surface area contributed by atoms with Crippen molar-refractivity contribution in [3.8, 4) is 28.0 Å². The normalized spacial score (nSPS) is 10.9. The van der Waals surface area contributed by atoms with Crippen LogP contribution in [0.4, 0.5) is 13.2 Å². The molecule has 0 atom stereocenters. The fraction of sp³-hybridized carbons (Fsp3) is 0.138. The fourth-order valence-electron chi connectivity index (χ4n) is 3.63. The van der Waals surface area contributed by atoms with Gasteiger partial charge in [0, 0.05) is 17.7 Å². The van der Waals surface area contributed by atoms with E-state index in [9.17, 15) is 18.0 Å². The van der Waals surface area contributed by atoms with E-state index in [2.05, 4.69) is 0 Å². The van der Waals surface area contributed by atoms with E-state index in [4.69, 9.17) is 9.47 Å². The van der Waals surface area contributed by atoms with Crippen LogP contribution in [-0.4, -0.2) is 12.6 Å². The summed E-state index contributed by atoms with van der Waals surface area (Å²) in [5.74, 6) is -3.34. The average molecular weight is 476 g/mol. The van der Waals surface area contributed by atoms with Crippen LogP contribution in [-0.2, 0) is 11.3 Å². The maximum atomic E-state index is 14.9. The quantitative estimate of drug-likeness (QED) is 0.205. The lowest BCUT2D eigenvalue weighted by molar-refractivity contribution is 0.0729. The second-order valence-corrected chi connectivity index (χ2v) is 8.02. The average Bonchev–Trinajstić information content (AvgIpc) is 2.85. The van der Waals surface area contributed by atoms with E-state index in [1.165, 1.54) is 48.5 Å². The van der Waals surface area contributed by atoms with Gasteiger partial charge in [0.1, 0.15) is 11.6 Å². The third-order valence-electron chi connectivity index (χ3n) is 5.55. The summed E-state index contributed by atoms with van der Waals surface area (Å²) in [4.78, 5) is 12.4. The van der Waals surface area contributed by atoms with E-state index in [0.29, 0.717) is 23.3 Å². The molecule has 35 heavy (non-hydrogen) atoms. The highest BCUT2D eigenvalue weighted by atomic mass is 19.2. The molecule has 4 rings (SSSR count). The monoisotopic (exact) mass is 476 g/mol. The summed E-state index contributed by atoms with van der Waals surface area (Å²) in [6, 6.07) is 20.3. The van der Waals surface area contributed by atoms with Crippen molar-refractivity contribution in [2.45, 2.75) is 20.5 Å². The molecule has 0 bridgehead atoms. The third-order valence-corrected chi connectivity index (χ3v) is 5.55. The van der Waals surface area contributed by atoms with Crippen LogP contribution in [0, 0.1) is 24.4 Å². The van der Waals surface area contributed by atoms with Crippen LogP contribution in [0.3, 0.4) is 0 Å². The van der Waals surface area contributed by atoms with Gasteiger partial charge in [0.25, 0.3) is 0 Å². The van der Waals surface area contributed by atoms with Crippen molar-refractivity contribution in [1.82, 2.24) is 0 Å². The van der Waals surface area contributed by atoms with Crippen molar-refractivity contribution in [3.63, 3.8) is 0 Å². The van der Waals surface area contributed by atoms with Crippen molar-refractivity contribution >= 4 is 5.97 Å². The number of ether oxygens (including phenoxy) is 2. The molecule has 0 saturated heterocycles. The maximum Gasteiger partial charge on any atom is 0.346 e. The molecule has 0 amide bonds. The minimum Gasteiger partial charge on any atom is -0.423 e. The van der Waals surface area contributed by atoms with Gasteiger partial charge in [-0.1, -0.05) is 60.2 Å². The highest BCUT2D eigenvalue weighted by Gasteiger charge is 2.17. The molecule has 178 valence electrons. The Kier molecular flexibility index (Phi) is 7.32. The third kappa shape index (κ3) is 5.44. The molecule has 0 N–H and O–H groups in total. The Morgan fingerprint density at radius 1 is 0.771 bits per heavy atom. The highest BCUT2D eigenvalue weighted by molar-refractivity contribution is 5.91. The zero-order valence-electron chi connectivity index (χ0n) is 19.3. The summed E-state index contributed by atoms with van der Waals surface area (Å²) in [7, 11) is 0. The van der Waals surface area contributed by atoms with Crippen LogP contribution >= 0.6 is 0 Å². The number of hydrogen-bond donors (Lipinski definition) is 0. The molecule has 3 nitrogen and oxygen atoms in total. The van der Waals surface area contributed by atoms with Crippen molar-refractivity contribution in [2.24, 2.45) is 0 Å². The van der Waals surface area contributed by atoms with Crippen molar-refractivity contribution < 1.29 is 27.4 Å². The van der Waals surface area contributed by atoms with Crippen LogP contribution < -0.4 is 4.74 Å². The first-order chi connectivity index (χ1) is 16.9. The molecular weight excluding hydrogens is 453 g/mol. The molecule has 0 radical (unpaired) electrons. The first kappa shape index (κ1) is 24.2. The Bertz CT molecular complexity index is 1350. The van der Waals surface area contributed by atoms with Crippen LogP contribution in [0.25, 0.3) is 22.3 Å². The lowest BCUT2D eigenvalue weighted by Crippen LogP contribution is -2.11. The Labute approximate surface area is 201 Å². The van der Waals surface area contributed by atoms with Gasteiger partial charge in [-0.05, 0) is 54.8 Å². The predicted octanol–water partition coefficient (Wildman–Crippen LogP) is 7.50. The molecule has 4 aromatic carbocycles. The number of halogens is 3. The number of carbonyl (C=O) groups is 1. The topological polar surface area (TPSA) is 35.5 Å². The molecule has 0 aliphatic carbocycles. The first-order valence-corrected chi connectivity index (χ1v) is 11.1. The minimum atomic E-state index is -0.970. The van der Waals surface area contributed by atoms with Gasteiger partial charge in [-0.15, -0.1) is 0 Å². The first-order valence-electron chi connectivity index (χ1n) is 11.1. The lowest BCUT2D eigenvalue weighted by Gasteiger charge is -2.11. The van der Waals surface area contributed by atoms with E-state index in [1.54, 1.807) is 18.2 Å². The number of benzene rings is 4. The molecule has 0 heterocycles. The highest BCUT2D eigenvalue weighted by Crippen LogP contribution is 2.32. The Hall–Kier alpha value is -3.90. The number of esters is 1. The minimum absolute atomic E-state index is 0.0761. The summed E-state index contributed by atoms with van der Waals surface area (Å²) in [6.45, 7) is 4.49. The Morgan fingerprint density at radius 2 is 1.34 bits per heavy atom. The van der Waals surface area contributed by atoms with Gasteiger partial charge in [0.05, 0.1) is 12.2 Å². The van der Waals surface area contributed by atoms with Crippen molar-refractivity contribution in [2.75, 3.05) is 6.61 Å². The summed E-state index contributed by atoms with van der Waals surface area (Å²) < 4.78 is 54.5.